The summed E-state index contributed by atoms with van der Waals surface area (Å²) in [5.74, 6) is 0. The molecule has 0 bridgehead atoms. The largest absolute Gasteiger partial charge is 0.433 e. The zero-order valence-corrected chi connectivity index (χ0v) is 20.3. The van der Waals surface area contributed by atoms with Crippen molar-refractivity contribution in [1.82, 2.24) is 24.1 Å². The van der Waals surface area contributed by atoms with Gasteiger partial charge in [0, 0.05) is 16.8 Å². The Morgan fingerprint density at radius 2 is 1.69 bits per heavy atom. The van der Waals surface area contributed by atoms with Crippen LogP contribution in [0.25, 0.3) is 28.0 Å². The third-order valence-electron chi connectivity index (χ3n) is 5.51. The van der Waals surface area contributed by atoms with Crippen LogP contribution < -0.4 is 5.69 Å². The summed E-state index contributed by atoms with van der Waals surface area (Å²) < 4.78 is 41.3. The number of alkyl halides is 3. The van der Waals surface area contributed by atoms with Crippen molar-refractivity contribution in [3.05, 3.63) is 99.7 Å². The van der Waals surface area contributed by atoms with Crippen molar-refractivity contribution in [2.75, 3.05) is 6.26 Å². The van der Waals surface area contributed by atoms with E-state index >= 15 is 0 Å². The monoisotopic (exact) mass is 527 g/mol. The van der Waals surface area contributed by atoms with Crippen LogP contribution in [-0.2, 0) is 12.7 Å². The van der Waals surface area contributed by atoms with Gasteiger partial charge in [-0.3, -0.25) is 4.98 Å². The molecule has 3 heterocycles. The number of pyridine rings is 1. The first-order valence-corrected chi connectivity index (χ1v) is 12.3. The molecule has 0 saturated heterocycles. The van der Waals surface area contributed by atoms with Gasteiger partial charge >= 0.3 is 11.9 Å². The molecule has 36 heavy (non-hydrogen) atoms. The maximum absolute atomic E-state index is 13.4. The highest BCUT2D eigenvalue weighted by atomic mass is 35.5. The molecule has 0 aliphatic carbocycles. The summed E-state index contributed by atoms with van der Waals surface area (Å²) >= 11 is 7.38. The van der Waals surface area contributed by atoms with Crippen LogP contribution in [0.3, 0.4) is 0 Å². The Labute approximate surface area is 212 Å². The standard InChI is InChI=1S/C25H17ClF3N5OS/c1-36-23-31-21(17-8-10-18(26)11-9-17)20(16-5-3-2-4-6-16)22-32-33(24(35)34(22)23)14-15-7-12-19(30-13-15)25(27,28)29/h2-13H,14H2,1H3. The fourth-order valence-corrected chi connectivity index (χ4v) is 4.49. The Morgan fingerprint density at radius 1 is 0.972 bits per heavy atom. The Hall–Kier alpha value is -3.63. The number of aromatic nitrogens is 5. The number of halogens is 4. The van der Waals surface area contributed by atoms with Crippen LogP contribution in [-0.4, -0.2) is 30.4 Å². The number of rotatable bonds is 5. The van der Waals surface area contributed by atoms with Crippen LogP contribution in [0.2, 0.25) is 5.02 Å². The molecule has 0 radical (unpaired) electrons. The molecule has 11 heteroatoms. The minimum Gasteiger partial charge on any atom is -0.251 e. The van der Waals surface area contributed by atoms with Crippen molar-refractivity contribution in [3.8, 4) is 22.4 Å². The van der Waals surface area contributed by atoms with Gasteiger partial charge in [0.15, 0.2) is 10.8 Å². The maximum Gasteiger partial charge on any atom is 0.433 e. The zero-order valence-electron chi connectivity index (χ0n) is 18.7. The average molecular weight is 528 g/mol. The summed E-state index contributed by atoms with van der Waals surface area (Å²) in [6.45, 7) is -0.0516. The van der Waals surface area contributed by atoms with Gasteiger partial charge in [0.1, 0.15) is 5.69 Å². The second-order valence-electron chi connectivity index (χ2n) is 7.84. The van der Waals surface area contributed by atoms with Gasteiger partial charge in [-0.25, -0.2) is 18.9 Å². The van der Waals surface area contributed by atoms with Crippen LogP contribution in [0.15, 0.2) is 82.9 Å². The Morgan fingerprint density at radius 3 is 2.31 bits per heavy atom. The summed E-state index contributed by atoms with van der Waals surface area (Å²) in [7, 11) is 0. The topological polar surface area (TPSA) is 65.1 Å². The molecule has 3 aromatic heterocycles. The molecule has 0 saturated carbocycles. The van der Waals surface area contributed by atoms with Gasteiger partial charge < -0.3 is 0 Å². The molecule has 0 N–H and O–H groups in total. The first kappa shape index (κ1) is 24.1. The maximum atomic E-state index is 13.4. The highest BCUT2D eigenvalue weighted by Gasteiger charge is 2.32. The van der Waals surface area contributed by atoms with Crippen LogP contribution in [0.1, 0.15) is 11.3 Å². The van der Waals surface area contributed by atoms with Crippen LogP contribution in [0, 0.1) is 0 Å². The smallest absolute Gasteiger partial charge is 0.251 e. The second-order valence-corrected chi connectivity index (χ2v) is 9.05. The third-order valence-corrected chi connectivity index (χ3v) is 6.40. The SMILES string of the molecule is CSc1nc(-c2ccc(Cl)cc2)c(-c2ccccc2)c2nn(Cc3ccc(C(F)(F)F)nc3)c(=O)n12. The van der Waals surface area contributed by atoms with Gasteiger partial charge in [-0.1, -0.05) is 71.9 Å². The molecule has 0 atom stereocenters. The van der Waals surface area contributed by atoms with Gasteiger partial charge in [0.2, 0.25) is 0 Å². The lowest BCUT2D eigenvalue weighted by Gasteiger charge is -2.13. The van der Waals surface area contributed by atoms with Gasteiger partial charge in [0.05, 0.1) is 17.8 Å². The van der Waals surface area contributed by atoms with Crippen molar-refractivity contribution in [1.29, 1.82) is 0 Å². The molecule has 0 aliphatic rings. The van der Waals surface area contributed by atoms with E-state index in [4.69, 9.17) is 16.6 Å². The van der Waals surface area contributed by atoms with Crippen LogP contribution in [0.4, 0.5) is 13.2 Å². The number of thioether (sulfide) groups is 1. The molecule has 182 valence electrons. The minimum atomic E-state index is -4.54. The highest BCUT2D eigenvalue weighted by Crippen LogP contribution is 2.35. The minimum absolute atomic E-state index is 0.0516. The first-order valence-electron chi connectivity index (χ1n) is 10.7. The third kappa shape index (κ3) is 4.49. The van der Waals surface area contributed by atoms with Gasteiger partial charge in [-0.2, -0.15) is 13.2 Å². The van der Waals surface area contributed by atoms with Crippen molar-refractivity contribution in [2.45, 2.75) is 17.9 Å². The first-order chi connectivity index (χ1) is 17.3. The average Bonchev–Trinajstić information content (AvgIpc) is 3.19. The molecule has 0 amide bonds. The van der Waals surface area contributed by atoms with E-state index in [1.54, 1.807) is 18.4 Å². The molecule has 0 fully saturated rings. The van der Waals surface area contributed by atoms with E-state index in [0.717, 1.165) is 23.4 Å². The second kappa shape index (κ2) is 9.44. The van der Waals surface area contributed by atoms with Gasteiger partial charge in [-0.15, -0.1) is 5.10 Å². The fraction of sp³-hybridized carbons (Fsp3) is 0.120. The van der Waals surface area contributed by atoms with E-state index in [9.17, 15) is 18.0 Å². The summed E-state index contributed by atoms with van der Waals surface area (Å²) in [5, 5.41) is 5.61. The number of hydrogen-bond donors (Lipinski definition) is 0. The number of fused-ring (bicyclic) bond motifs is 1. The lowest BCUT2D eigenvalue weighted by Crippen LogP contribution is -2.23. The Kier molecular flexibility index (Phi) is 6.31. The normalized spacial score (nSPS) is 11.8. The number of hydrogen-bond acceptors (Lipinski definition) is 5. The molecule has 6 nitrogen and oxygen atoms in total. The molecule has 0 spiro atoms. The van der Waals surface area contributed by atoms with Crippen molar-refractivity contribution in [2.24, 2.45) is 0 Å². The molecular weight excluding hydrogens is 511 g/mol. The van der Waals surface area contributed by atoms with Crippen molar-refractivity contribution >= 4 is 29.0 Å². The quantitative estimate of drug-likeness (QED) is 0.205. The molecule has 0 aliphatic heterocycles. The summed E-state index contributed by atoms with van der Waals surface area (Å²) in [4.78, 5) is 21.7. The van der Waals surface area contributed by atoms with E-state index in [-0.39, 0.29) is 6.54 Å². The van der Waals surface area contributed by atoms with E-state index in [1.165, 1.54) is 26.9 Å². The van der Waals surface area contributed by atoms with Crippen LogP contribution >= 0.6 is 23.4 Å². The Bertz CT molecular complexity index is 1600. The molecular formula is C25H17ClF3N5OS. The number of benzene rings is 2. The van der Waals surface area contributed by atoms with E-state index < -0.39 is 17.6 Å². The van der Waals surface area contributed by atoms with E-state index in [0.29, 0.717) is 32.6 Å². The molecule has 5 rings (SSSR count). The Balaban J connectivity index is 1.72. The number of nitrogens with zero attached hydrogens (tertiary/aromatic N) is 5. The van der Waals surface area contributed by atoms with E-state index in [2.05, 4.69) is 10.1 Å². The fourth-order valence-electron chi connectivity index (χ4n) is 3.84. The molecule has 5 aromatic rings. The molecule has 2 aromatic carbocycles. The van der Waals surface area contributed by atoms with Crippen molar-refractivity contribution in [3.63, 3.8) is 0 Å². The lowest BCUT2D eigenvalue weighted by atomic mass is 10.0. The summed E-state index contributed by atoms with van der Waals surface area (Å²) in [5.41, 5.74) is 2.22. The summed E-state index contributed by atoms with van der Waals surface area (Å²) in [6.07, 6.45) is -1.64. The zero-order chi connectivity index (χ0) is 25.4. The van der Waals surface area contributed by atoms with Gasteiger partial charge in [-0.05, 0) is 35.6 Å². The van der Waals surface area contributed by atoms with Crippen LogP contribution in [0.5, 0.6) is 0 Å². The van der Waals surface area contributed by atoms with Gasteiger partial charge in [0.25, 0.3) is 0 Å². The van der Waals surface area contributed by atoms with E-state index in [1.807, 2.05) is 42.5 Å². The lowest BCUT2D eigenvalue weighted by molar-refractivity contribution is -0.141. The van der Waals surface area contributed by atoms with Crippen molar-refractivity contribution < 1.29 is 13.2 Å². The highest BCUT2D eigenvalue weighted by molar-refractivity contribution is 7.98. The summed E-state index contributed by atoms with van der Waals surface area (Å²) in [6, 6.07) is 18.8. The molecule has 0 unspecified atom stereocenters. The predicted octanol–water partition coefficient (Wildman–Crippen LogP) is 6.06. The predicted molar refractivity (Wildman–Crippen MR) is 133 cm³/mol.